The fourth-order valence-corrected chi connectivity index (χ4v) is 1.57. The Kier molecular flexibility index (Phi) is 3.24. The summed E-state index contributed by atoms with van der Waals surface area (Å²) in [5.74, 6) is 1.72. The summed E-state index contributed by atoms with van der Waals surface area (Å²) in [4.78, 5) is 12.2. The zero-order chi connectivity index (χ0) is 13.8. The molecule has 2 heterocycles. The van der Waals surface area contributed by atoms with Crippen LogP contribution in [0.15, 0.2) is 47.2 Å². The molecular formula is C13H11N5O2. The molecule has 0 aliphatic heterocycles. The molecule has 2 aromatic heterocycles. The minimum atomic E-state index is 0.156. The first-order valence-electron chi connectivity index (χ1n) is 5.89. The quantitative estimate of drug-likeness (QED) is 0.719. The highest BCUT2D eigenvalue weighted by Crippen LogP contribution is 2.16. The van der Waals surface area contributed by atoms with Crippen molar-refractivity contribution in [1.29, 1.82) is 0 Å². The molecule has 0 fully saturated rings. The monoisotopic (exact) mass is 269 g/mol. The van der Waals surface area contributed by atoms with E-state index in [4.69, 9.17) is 15.0 Å². The van der Waals surface area contributed by atoms with Crippen LogP contribution in [0.25, 0.3) is 11.6 Å². The minimum Gasteiger partial charge on any atom is -0.484 e. The van der Waals surface area contributed by atoms with Crippen LogP contribution in [0.3, 0.4) is 0 Å². The van der Waals surface area contributed by atoms with Gasteiger partial charge in [-0.25, -0.2) is 9.97 Å². The van der Waals surface area contributed by atoms with Crippen LogP contribution in [0, 0.1) is 0 Å². The smallest absolute Gasteiger partial charge is 0.264 e. The highest BCUT2D eigenvalue weighted by molar-refractivity contribution is 5.43. The summed E-state index contributed by atoms with van der Waals surface area (Å²) in [5.41, 5.74) is 6.29. The van der Waals surface area contributed by atoms with E-state index in [0.29, 0.717) is 29.0 Å². The van der Waals surface area contributed by atoms with Crippen molar-refractivity contribution in [2.75, 3.05) is 5.73 Å². The van der Waals surface area contributed by atoms with Crippen molar-refractivity contribution in [3.8, 4) is 17.4 Å². The zero-order valence-electron chi connectivity index (χ0n) is 10.4. The largest absolute Gasteiger partial charge is 0.484 e. The number of ether oxygens (including phenoxy) is 1. The molecule has 0 saturated heterocycles. The Labute approximate surface area is 114 Å². The van der Waals surface area contributed by atoms with Crippen molar-refractivity contribution >= 4 is 5.69 Å². The Morgan fingerprint density at radius 2 is 1.95 bits per heavy atom. The molecule has 3 aromatic rings. The summed E-state index contributed by atoms with van der Waals surface area (Å²) in [5, 5.41) is 3.80. The van der Waals surface area contributed by atoms with E-state index in [1.807, 2.05) is 6.07 Å². The van der Waals surface area contributed by atoms with Gasteiger partial charge in [0.05, 0.1) is 0 Å². The topological polar surface area (TPSA) is 100.0 Å². The summed E-state index contributed by atoms with van der Waals surface area (Å²) in [7, 11) is 0. The van der Waals surface area contributed by atoms with Crippen LogP contribution in [-0.2, 0) is 6.61 Å². The summed E-state index contributed by atoms with van der Waals surface area (Å²) >= 11 is 0. The Bertz CT molecular complexity index is 699. The van der Waals surface area contributed by atoms with E-state index in [9.17, 15) is 0 Å². The Hall–Kier alpha value is -2.96. The van der Waals surface area contributed by atoms with E-state index in [1.165, 1.54) is 0 Å². The molecule has 0 unspecified atom stereocenters. The second kappa shape index (κ2) is 5.35. The van der Waals surface area contributed by atoms with E-state index < -0.39 is 0 Å². The average molecular weight is 269 g/mol. The standard InChI is InChI=1S/C13H11N5O2/c14-9-3-1-4-10(7-9)19-8-11-17-13(18-20-11)12-15-5-2-6-16-12/h1-7H,8,14H2. The van der Waals surface area contributed by atoms with E-state index >= 15 is 0 Å². The van der Waals surface area contributed by atoms with Crippen LogP contribution in [-0.4, -0.2) is 20.1 Å². The van der Waals surface area contributed by atoms with E-state index in [2.05, 4.69) is 20.1 Å². The van der Waals surface area contributed by atoms with Gasteiger partial charge in [0.25, 0.3) is 5.89 Å². The van der Waals surface area contributed by atoms with E-state index in [1.54, 1.807) is 36.7 Å². The number of nitrogens with two attached hydrogens (primary N) is 1. The molecule has 0 amide bonds. The summed E-state index contributed by atoms with van der Waals surface area (Å²) in [6.07, 6.45) is 3.23. The lowest BCUT2D eigenvalue weighted by atomic mass is 10.3. The molecule has 1 aromatic carbocycles. The number of nitrogen functional groups attached to an aromatic ring is 1. The highest BCUT2D eigenvalue weighted by atomic mass is 16.5. The zero-order valence-corrected chi connectivity index (χ0v) is 10.4. The molecule has 0 bridgehead atoms. The maximum Gasteiger partial charge on any atom is 0.264 e. The lowest BCUT2D eigenvalue weighted by Gasteiger charge is -2.02. The number of aromatic nitrogens is 4. The maximum atomic E-state index is 5.66. The molecule has 2 N–H and O–H groups in total. The van der Waals surface area contributed by atoms with Gasteiger partial charge < -0.3 is 15.0 Å². The van der Waals surface area contributed by atoms with Crippen LogP contribution < -0.4 is 10.5 Å². The first kappa shape index (κ1) is 12.1. The normalized spacial score (nSPS) is 10.4. The van der Waals surface area contributed by atoms with Gasteiger partial charge in [-0.15, -0.1) is 0 Å². The van der Waals surface area contributed by atoms with Gasteiger partial charge >= 0.3 is 0 Å². The fourth-order valence-electron chi connectivity index (χ4n) is 1.57. The van der Waals surface area contributed by atoms with Gasteiger partial charge in [-0.2, -0.15) is 4.98 Å². The summed E-state index contributed by atoms with van der Waals surface area (Å²) in [6, 6.07) is 8.82. The molecule has 0 aliphatic carbocycles. The van der Waals surface area contributed by atoms with Gasteiger partial charge in [0, 0.05) is 24.1 Å². The molecule has 0 atom stereocenters. The van der Waals surface area contributed by atoms with Crippen LogP contribution in [0.1, 0.15) is 5.89 Å². The molecule has 0 saturated carbocycles. The molecule has 20 heavy (non-hydrogen) atoms. The molecular weight excluding hydrogens is 258 g/mol. The maximum absolute atomic E-state index is 5.66. The lowest BCUT2D eigenvalue weighted by Crippen LogP contribution is -1.97. The van der Waals surface area contributed by atoms with Crippen LogP contribution in [0.2, 0.25) is 0 Å². The summed E-state index contributed by atoms with van der Waals surface area (Å²) < 4.78 is 10.6. The van der Waals surface area contributed by atoms with Gasteiger partial charge in [0.1, 0.15) is 5.75 Å². The first-order chi connectivity index (χ1) is 9.81. The molecule has 7 heteroatoms. The number of nitrogens with zero attached hydrogens (tertiary/aromatic N) is 4. The second-order valence-electron chi connectivity index (χ2n) is 3.95. The predicted molar refractivity (Wildman–Crippen MR) is 70.5 cm³/mol. The number of hydrogen-bond donors (Lipinski definition) is 1. The molecule has 3 rings (SSSR count). The van der Waals surface area contributed by atoms with Crippen LogP contribution in [0.4, 0.5) is 5.69 Å². The van der Waals surface area contributed by atoms with Crippen LogP contribution in [0.5, 0.6) is 5.75 Å². The van der Waals surface area contributed by atoms with Crippen molar-refractivity contribution in [3.05, 3.63) is 48.6 Å². The fraction of sp³-hybridized carbons (Fsp3) is 0.0769. The van der Waals surface area contributed by atoms with Crippen molar-refractivity contribution < 1.29 is 9.26 Å². The number of benzene rings is 1. The van der Waals surface area contributed by atoms with Crippen LogP contribution >= 0.6 is 0 Å². The Balaban J connectivity index is 1.69. The summed E-state index contributed by atoms with van der Waals surface area (Å²) in [6.45, 7) is 0.156. The minimum absolute atomic E-state index is 0.156. The van der Waals surface area contributed by atoms with Crippen molar-refractivity contribution in [1.82, 2.24) is 20.1 Å². The number of rotatable bonds is 4. The molecule has 0 radical (unpaired) electrons. The SMILES string of the molecule is Nc1cccc(OCc2nc(-c3ncccn3)no2)c1. The van der Waals surface area contributed by atoms with Gasteiger partial charge in [-0.1, -0.05) is 11.2 Å². The van der Waals surface area contributed by atoms with Gasteiger partial charge in [-0.05, 0) is 18.2 Å². The van der Waals surface area contributed by atoms with E-state index in [-0.39, 0.29) is 6.61 Å². The third kappa shape index (κ3) is 2.72. The van der Waals surface area contributed by atoms with E-state index in [0.717, 1.165) is 0 Å². The number of hydrogen-bond acceptors (Lipinski definition) is 7. The lowest BCUT2D eigenvalue weighted by molar-refractivity contribution is 0.243. The average Bonchev–Trinajstić information content (AvgIpc) is 2.95. The van der Waals surface area contributed by atoms with Gasteiger partial charge in [0.15, 0.2) is 6.61 Å². The molecule has 100 valence electrons. The van der Waals surface area contributed by atoms with Crippen molar-refractivity contribution in [3.63, 3.8) is 0 Å². The van der Waals surface area contributed by atoms with Crippen molar-refractivity contribution in [2.45, 2.75) is 6.61 Å². The Morgan fingerprint density at radius 1 is 1.10 bits per heavy atom. The first-order valence-corrected chi connectivity index (χ1v) is 5.89. The van der Waals surface area contributed by atoms with Gasteiger partial charge in [0.2, 0.25) is 11.6 Å². The number of anilines is 1. The Morgan fingerprint density at radius 3 is 2.75 bits per heavy atom. The highest BCUT2D eigenvalue weighted by Gasteiger charge is 2.10. The molecule has 0 spiro atoms. The molecule has 0 aliphatic rings. The third-order valence-electron chi connectivity index (χ3n) is 2.45. The third-order valence-corrected chi connectivity index (χ3v) is 2.45. The predicted octanol–water partition coefficient (Wildman–Crippen LogP) is 1.69. The van der Waals surface area contributed by atoms with Crippen molar-refractivity contribution in [2.24, 2.45) is 0 Å². The van der Waals surface area contributed by atoms with Gasteiger partial charge in [-0.3, -0.25) is 0 Å². The molecule has 7 nitrogen and oxygen atoms in total. The second-order valence-corrected chi connectivity index (χ2v) is 3.95.